The number of carbonyl (C=O) groups excluding carboxylic acids is 2. The smallest absolute Gasteiger partial charge is 0.315 e. The third kappa shape index (κ3) is 3.72. The Morgan fingerprint density at radius 3 is 2.85 bits per heavy atom. The minimum atomic E-state index is -0.646. The number of hydrogen-bond donors (Lipinski definition) is 0. The standard InChI is InChI=1S/C22H25NO4/c1-4-13-27-22(25)19-14(3)23-16-10-8-11-17(24)21(16)20(19)15-9-6-7-12-18(15)26-5-2/h4,6-7,9,12,19-20H,1,5,8,10-11,13H2,2-3H3/t19-,20-/m1/s1. The summed E-state index contributed by atoms with van der Waals surface area (Å²) in [5.41, 5.74) is 2.94. The number of ether oxygens (including phenoxy) is 2. The average Bonchev–Trinajstić information content (AvgIpc) is 2.66. The van der Waals surface area contributed by atoms with Gasteiger partial charge in [0.1, 0.15) is 18.3 Å². The molecule has 0 spiro atoms. The first-order valence-electron chi connectivity index (χ1n) is 9.39. The Labute approximate surface area is 159 Å². The van der Waals surface area contributed by atoms with Crippen molar-refractivity contribution in [1.29, 1.82) is 0 Å². The van der Waals surface area contributed by atoms with Gasteiger partial charge in [-0.1, -0.05) is 30.9 Å². The number of esters is 1. The topological polar surface area (TPSA) is 65.0 Å². The normalized spacial score (nSPS) is 22.0. The SMILES string of the molecule is C=CCOC(=O)[C@@H]1C(C)=NC2=C(C(=O)CCC2)[C@@H]1c1ccccc1OCC. The largest absolute Gasteiger partial charge is 0.494 e. The number of para-hydroxylation sites is 1. The quantitative estimate of drug-likeness (QED) is 0.563. The van der Waals surface area contributed by atoms with Gasteiger partial charge in [0, 0.05) is 34.9 Å². The highest BCUT2D eigenvalue weighted by molar-refractivity contribution is 6.09. The molecule has 1 aliphatic heterocycles. The number of rotatable bonds is 6. The predicted molar refractivity (Wildman–Crippen MR) is 104 cm³/mol. The molecule has 0 unspecified atom stereocenters. The fraction of sp³-hybridized carbons (Fsp3) is 0.409. The Bertz CT molecular complexity index is 821. The number of benzene rings is 1. The molecule has 0 saturated heterocycles. The molecule has 1 aromatic rings. The predicted octanol–water partition coefficient (Wildman–Crippen LogP) is 4.00. The van der Waals surface area contributed by atoms with Crippen LogP contribution in [0, 0.1) is 5.92 Å². The summed E-state index contributed by atoms with van der Waals surface area (Å²) in [5, 5.41) is 0. The Hall–Kier alpha value is -2.69. The first-order chi connectivity index (χ1) is 13.1. The number of nitrogens with zero attached hydrogens (tertiary/aromatic N) is 1. The van der Waals surface area contributed by atoms with Gasteiger partial charge in [0.05, 0.1) is 6.61 Å². The number of hydrogen-bond acceptors (Lipinski definition) is 5. The minimum Gasteiger partial charge on any atom is -0.494 e. The van der Waals surface area contributed by atoms with Crippen LogP contribution in [0.5, 0.6) is 5.75 Å². The Balaban J connectivity index is 2.15. The summed E-state index contributed by atoms with van der Waals surface area (Å²) < 4.78 is 11.2. The molecule has 3 rings (SSSR count). The van der Waals surface area contributed by atoms with Gasteiger partial charge in [0.25, 0.3) is 0 Å². The van der Waals surface area contributed by atoms with E-state index in [2.05, 4.69) is 11.6 Å². The lowest BCUT2D eigenvalue weighted by atomic mass is 9.71. The van der Waals surface area contributed by atoms with Gasteiger partial charge in [-0.2, -0.15) is 0 Å². The number of allylic oxidation sites excluding steroid dienone is 2. The molecule has 0 fully saturated rings. The van der Waals surface area contributed by atoms with Crippen molar-refractivity contribution in [3.8, 4) is 5.75 Å². The van der Waals surface area contributed by atoms with E-state index in [0.717, 1.165) is 24.1 Å². The molecule has 27 heavy (non-hydrogen) atoms. The molecular weight excluding hydrogens is 342 g/mol. The van der Waals surface area contributed by atoms with Gasteiger partial charge in [0.2, 0.25) is 0 Å². The maximum Gasteiger partial charge on any atom is 0.315 e. The first-order valence-corrected chi connectivity index (χ1v) is 9.39. The van der Waals surface area contributed by atoms with E-state index < -0.39 is 17.8 Å². The number of aliphatic imine (C=N–C) groups is 1. The van der Waals surface area contributed by atoms with E-state index in [-0.39, 0.29) is 12.4 Å². The Morgan fingerprint density at radius 1 is 1.33 bits per heavy atom. The van der Waals surface area contributed by atoms with Crippen LogP contribution in [-0.4, -0.2) is 30.7 Å². The number of ketones is 1. The van der Waals surface area contributed by atoms with Gasteiger partial charge in [-0.05, 0) is 32.8 Å². The highest BCUT2D eigenvalue weighted by Gasteiger charge is 2.44. The molecule has 5 nitrogen and oxygen atoms in total. The van der Waals surface area contributed by atoms with Crippen molar-refractivity contribution in [2.24, 2.45) is 10.9 Å². The molecule has 142 valence electrons. The van der Waals surface area contributed by atoms with E-state index in [1.54, 1.807) is 0 Å². The molecule has 0 amide bonds. The second-order valence-corrected chi connectivity index (χ2v) is 6.74. The minimum absolute atomic E-state index is 0.0605. The zero-order chi connectivity index (χ0) is 19.4. The van der Waals surface area contributed by atoms with Crippen LogP contribution in [0.4, 0.5) is 0 Å². The summed E-state index contributed by atoms with van der Waals surface area (Å²) in [5.74, 6) is -0.730. The van der Waals surface area contributed by atoms with Gasteiger partial charge < -0.3 is 9.47 Å². The zero-order valence-corrected chi connectivity index (χ0v) is 15.9. The second kappa shape index (κ2) is 8.33. The van der Waals surface area contributed by atoms with Crippen molar-refractivity contribution >= 4 is 17.5 Å². The Kier molecular flexibility index (Phi) is 5.89. The highest BCUT2D eigenvalue weighted by Crippen LogP contribution is 2.46. The molecule has 2 atom stereocenters. The van der Waals surface area contributed by atoms with Crippen LogP contribution >= 0.6 is 0 Å². The van der Waals surface area contributed by atoms with Crippen molar-refractivity contribution in [1.82, 2.24) is 0 Å². The van der Waals surface area contributed by atoms with E-state index in [4.69, 9.17) is 9.47 Å². The van der Waals surface area contributed by atoms with Gasteiger partial charge >= 0.3 is 5.97 Å². The number of carbonyl (C=O) groups is 2. The fourth-order valence-electron chi connectivity index (χ4n) is 3.90. The first kappa shape index (κ1) is 19.1. The fourth-order valence-corrected chi connectivity index (χ4v) is 3.90. The lowest BCUT2D eigenvalue weighted by Crippen LogP contribution is -2.37. The molecule has 1 heterocycles. The van der Waals surface area contributed by atoms with Crippen molar-refractivity contribution in [2.75, 3.05) is 13.2 Å². The molecule has 0 saturated carbocycles. The summed E-state index contributed by atoms with van der Waals surface area (Å²) >= 11 is 0. The molecule has 0 radical (unpaired) electrons. The maximum atomic E-state index is 12.9. The Morgan fingerprint density at radius 2 is 2.11 bits per heavy atom. The van der Waals surface area contributed by atoms with Crippen molar-refractivity contribution < 1.29 is 19.1 Å². The van der Waals surface area contributed by atoms with Crippen LogP contribution in [0.2, 0.25) is 0 Å². The van der Waals surface area contributed by atoms with E-state index >= 15 is 0 Å². The maximum absolute atomic E-state index is 12.9. The van der Waals surface area contributed by atoms with Crippen LogP contribution < -0.4 is 4.74 Å². The molecule has 0 aromatic heterocycles. The summed E-state index contributed by atoms with van der Waals surface area (Å²) in [7, 11) is 0. The molecule has 0 bridgehead atoms. The van der Waals surface area contributed by atoms with Crippen LogP contribution in [-0.2, 0) is 14.3 Å². The van der Waals surface area contributed by atoms with Crippen molar-refractivity contribution in [2.45, 2.75) is 39.0 Å². The third-order valence-electron chi connectivity index (χ3n) is 4.99. The van der Waals surface area contributed by atoms with Gasteiger partial charge in [-0.3, -0.25) is 14.6 Å². The lowest BCUT2D eigenvalue weighted by Gasteiger charge is -2.35. The van der Waals surface area contributed by atoms with Gasteiger partial charge in [-0.25, -0.2) is 0 Å². The van der Waals surface area contributed by atoms with Gasteiger partial charge in [0.15, 0.2) is 5.78 Å². The molecule has 1 aliphatic carbocycles. The highest BCUT2D eigenvalue weighted by atomic mass is 16.5. The second-order valence-electron chi connectivity index (χ2n) is 6.74. The monoisotopic (exact) mass is 367 g/mol. The van der Waals surface area contributed by atoms with E-state index in [1.807, 2.05) is 38.1 Å². The number of Topliss-reactive ketones (excluding diaryl/α,β-unsaturated/α-hetero) is 1. The summed E-state index contributed by atoms with van der Waals surface area (Å²) in [6.07, 6.45) is 3.56. The van der Waals surface area contributed by atoms with Gasteiger partial charge in [-0.15, -0.1) is 0 Å². The molecule has 2 aliphatic rings. The van der Waals surface area contributed by atoms with Crippen LogP contribution in [0.15, 0.2) is 53.2 Å². The summed E-state index contributed by atoms with van der Waals surface area (Å²) in [4.78, 5) is 30.3. The molecule has 5 heteroatoms. The van der Waals surface area contributed by atoms with E-state index in [0.29, 0.717) is 30.1 Å². The average molecular weight is 367 g/mol. The zero-order valence-electron chi connectivity index (χ0n) is 15.9. The summed E-state index contributed by atoms with van der Waals surface area (Å²) in [6, 6.07) is 7.59. The van der Waals surface area contributed by atoms with E-state index in [1.165, 1.54) is 6.08 Å². The molecule has 0 N–H and O–H groups in total. The molecular formula is C22H25NO4. The summed E-state index contributed by atoms with van der Waals surface area (Å²) in [6.45, 7) is 7.97. The third-order valence-corrected chi connectivity index (χ3v) is 4.99. The van der Waals surface area contributed by atoms with Crippen molar-refractivity contribution in [3.63, 3.8) is 0 Å². The van der Waals surface area contributed by atoms with E-state index in [9.17, 15) is 9.59 Å². The van der Waals surface area contributed by atoms with Crippen molar-refractivity contribution in [3.05, 3.63) is 53.8 Å². The molecule has 1 aromatic carbocycles. The van der Waals surface area contributed by atoms with Crippen LogP contribution in [0.1, 0.15) is 44.6 Å². The van der Waals surface area contributed by atoms with Crippen LogP contribution in [0.3, 0.4) is 0 Å². The van der Waals surface area contributed by atoms with Crippen LogP contribution in [0.25, 0.3) is 0 Å². The lowest BCUT2D eigenvalue weighted by molar-refractivity contribution is -0.145.